The third-order valence-electron chi connectivity index (χ3n) is 3.67. The van der Waals surface area contributed by atoms with Gasteiger partial charge in [-0.1, -0.05) is 44.4 Å². The number of aryl methyl sites for hydroxylation is 1. The second-order valence-electron chi connectivity index (χ2n) is 5.39. The van der Waals surface area contributed by atoms with Gasteiger partial charge in [0, 0.05) is 11.3 Å². The molecular weight excluding hydrogens is 248 g/mol. The number of H-pyrrole nitrogens is 1. The van der Waals surface area contributed by atoms with E-state index in [1.54, 1.807) is 0 Å². The number of unbranched alkanes of at least 4 members (excludes halogenated alkanes) is 1. The predicted octanol–water partition coefficient (Wildman–Crippen LogP) is 3.77. The smallest absolute Gasteiger partial charge is 0.267 e. The fourth-order valence-electron chi connectivity index (χ4n) is 2.53. The van der Waals surface area contributed by atoms with Crippen LogP contribution in [0.5, 0.6) is 0 Å². The summed E-state index contributed by atoms with van der Waals surface area (Å²) in [5, 5.41) is 3.00. The zero-order valence-electron chi connectivity index (χ0n) is 12.7. The molecular formula is C17H24N2O. The van der Waals surface area contributed by atoms with Crippen LogP contribution in [0.2, 0.25) is 0 Å². The first-order valence-electron chi connectivity index (χ1n) is 7.57. The zero-order valence-corrected chi connectivity index (χ0v) is 12.7. The number of aromatic amines is 1. The van der Waals surface area contributed by atoms with E-state index in [4.69, 9.17) is 0 Å². The van der Waals surface area contributed by atoms with Crippen LogP contribution in [0, 0.1) is 6.92 Å². The first-order valence-corrected chi connectivity index (χ1v) is 7.57. The zero-order chi connectivity index (χ0) is 14.5. The number of hydrogen-bond donors (Lipinski definition) is 1. The Labute approximate surface area is 120 Å². The lowest BCUT2D eigenvalue weighted by molar-refractivity contribution is 0.748. The van der Waals surface area contributed by atoms with Gasteiger partial charge < -0.3 is 0 Å². The molecule has 0 aliphatic rings. The van der Waals surface area contributed by atoms with E-state index in [0.717, 1.165) is 49.0 Å². The minimum atomic E-state index is 0.0717. The van der Waals surface area contributed by atoms with E-state index in [2.05, 4.69) is 50.1 Å². The molecule has 0 radical (unpaired) electrons. The second-order valence-corrected chi connectivity index (χ2v) is 5.39. The topological polar surface area (TPSA) is 37.8 Å². The summed E-state index contributed by atoms with van der Waals surface area (Å²) in [6.07, 6.45) is 5.03. The van der Waals surface area contributed by atoms with Gasteiger partial charge in [-0.3, -0.25) is 14.6 Å². The first kappa shape index (κ1) is 14.6. The summed E-state index contributed by atoms with van der Waals surface area (Å²) in [6.45, 7) is 6.38. The average molecular weight is 272 g/mol. The fourth-order valence-corrected chi connectivity index (χ4v) is 2.53. The van der Waals surface area contributed by atoms with E-state index in [9.17, 15) is 4.79 Å². The molecule has 20 heavy (non-hydrogen) atoms. The fraction of sp³-hybridized carbons (Fsp3) is 0.471. The molecule has 0 saturated heterocycles. The Balaban J connectivity index is 2.46. The summed E-state index contributed by atoms with van der Waals surface area (Å²) in [6, 6.07) is 8.28. The molecule has 1 aromatic heterocycles. The monoisotopic (exact) mass is 272 g/mol. The first-order chi connectivity index (χ1) is 9.67. The quantitative estimate of drug-likeness (QED) is 0.854. The molecule has 108 valence electrons. The van der Waals surface area contributed by atoms with Crippen molar-refractivity contribution in [2.75, 3.05) is 0 Å². The molecule has 0 aliphatic carbocycles. The summed E-state index contributed by atoms with van der Waals surface area (Å²) in [5.74, 6) is 0. The summed E-state index contributed by atoms with van der Waals surface area (Å²) in [4.78, 5) is 12.2. The highest BCUT2D eigenvalue weighted by Crippen LogP contribution is 2.16. The van der Waals surface area contributed by atoms with Gasteiger partial charge in [0.05, 0.1) is 5.69 Å². The maximum absolute atomic E-state index is 12.2. The molecule has 3 nitrogen and oxygen atoms in total. The number of hydrogen-bond acceptors (Lipinski definition) is 1. The van der Waals surface area contributed by atoms with Gasteiger partial charge >= 0.3 is 0 Å². The summed E-state index contributed by atoms with van der Waals surface area (Å²) in [5.41, 5.74) is 4.46. The molecule has 1 aromatic carbocycles. The third kappa shape index (κ3) is 3.03. The van der Waals surface area contributed by atoms with Crippen LogP contribution in [0.15, 0.2) is 29.1 Å². The number of nitrogens with one attached hydrogen (secondary N) is 1. The summed E-state index contributed by atoms with van der Waals surface area (Å²) >= 11 is 0. The number of benzene rings is 1. The number of aromatic nitrogens is 2. The lowest BCUT2D eigenvalue weighted by Crippen LogP contribution is -2.07. The summed E-state index contributed by atoms with van der Waals surface area (Å²) < 4.78 is 1.97. The molecule has 0 amide bonds. The van der Waals surface area contributed by atoms with E-state index in [1.807, 2.05) is 4.68 Å². The van der Waals surface area contributed by atoms with Gasteiger partial charge in [-0.25, -0.2) is 0 Å². The predicted molar refractivity (Wildman–Crippen MR) is 83.7 cm³/mol. The Morgan fingerprint density at radius 1 is 1.05 bits per heavy atom. The molecule has 1 heterocycles. The van der Waals surface area contributed by atoms with Crippen LogP contribution < -0.4 is 5.56 Å². The molecule has 0 fully saturated rings. The summed E-state index contributed by atoms with van der Waals surface area (Å²) in [7, 11) is 0. The minimum Gasteiger partial charge on any atom is -0.268 e. The molecule has 0 saturated carbocycles. The largest absolute Gasteiger partial charge is 0.268 e. The molecule has 0 bridgehead atoms. The second kappa shape index (κ2) is 6.60. The van der Waals surface area contributed by atoms with E-state index >= 15 is 0 Å². The Bertz CT molecular complexity index is 605. The highest BCUT2D eigenvalue weighted by molar-refractivity contribution is 5.37. The van der Waals surface area contributed by atoms with Crippen molar-refractivity contribution in [3.05, 3.63) is 51.4 Å². The Morgan fingerprint density at radius 2 is 1.75 bits per heavy atom. The lowest BCUT2D eigenvalue weighted by Gasteiger charge is -2.09. The van der Waals surface area contributed by atoms with Crippen molar-refractivity contribution in [2.45, 2.75) is 52.9 Å². The van der Waals surface area contributed by atoms with Crippen LogP contribution >= 0.6 is 0 Å². The van der Waals surface area contributed by atoms with Gasteiger partial charge in [0.2, 0.25) is 0 Å². The van der Waals surface area contributed by atoms with Crippen LogP contribution in [-0.4, -0.2) is 9.78 Å². The SMILES string of the molecule is CCCCc1c(CCC)n(-c2ccc(C)cc2)[nH]c1=O. The molecule has 0 aliphatic heterocycles. The van der Waals surface area contributed by atoms with Gasteiger partial charge in [0.15, 0.2) is 0 Å². The van der Waals surface area contributed by atoms with Crippen LogP contribution in [-0.2, 0) is 12.8 Å². The lowest BCUT2D eigenvalue weighted by atomic mass is 10.1. The van der Waals surface area contributed by atoms with Crippen molar-refractivity contribution in [3.63, 3.8) is 0 Å². The van der Waals surface area contributed by atoms with E-state index in [0.29, 0.717) is 0 Å². The van der Waals surface area contributed by atoms with E-state index in [1.165, 1.54) is 5.56 Å². The molecule has 1 N–H and O–H groups in total. The molecule has 0 unspecified atom stereocenters. The van der Waals surface area contributed by atoms with Crippen LogP contribution in [0.4, 0.5) is 0 Å². The van der Waals surface area contributed by atoms with E-state index < -0.39 is 0 Å². The number of nitrogens with zero attached hydrogens (tertiary/aromatic N) is 1. The highest BCUT2D eigenvalue weighted by atomic mass is 16.1. The normalized spacial score (nSPS) is 10.9. The molecule has 0 spiro atoms. The number of rotatable bonds is 6. The molecule has 3 heteroatoms. The van der Waals surface area contributed by atoms with Crippen molar-refractivity contribution in [1.29, 1.82) is 0 Å². The molecule has 2 rings (SSSR count). The Kier molecular flexibility index (Phi) is 4.83. The van der Waals surface area contributed by atoms with Crippen molar-refractivity contribution in [2.24, 2.45) is 0 Å². The van der Waals surface area contributed by atoms with E-state index in [-0.39, 0.29) is 5.56 Å². The standard InChI is InChI=1S/C17H24N2O/c1-4-6-8-15-16(7-5-2)19(18-17(15)20)14-11-9-13(3)10-12-14/h9-12H,4-8H2,1-3H3,(H,18,20). The Hall–Kier alpha value is -1.77. The van der Waals surface area contributed by atoms with Gasteiger partial charge in [0.25, 0.3) is 5.56 Å². The Morgan fingerprint density at radius 3 is 2.35 bits per heavy atom. The van der Waals surface area contributed by atoms with Crippen LogP contribution in [0.1, 0.15) is 49.9 Å². The maximum Gasteiger partial charge on any atom is 0.267 e. The van der Waals surface area contributed by atoms with Gasteiger partial charge in [-0.05, 0) is 38.3 Å². The van der Waals surface area contributed by atoms with Crippen molar-refractivity contribution in [3.8, 4) is 5.69 Å². The molecule has 2 aromatic rings. The van der Waals surface area contributed by atoms with Gasteiger partial charge in [-0.15, -0.1) is 0 Å². The highest BCUT2D eigenvalue weighted by Gasteiger charge is 2.14. The van der Waals surface area contributed by atoms with Crippen LogP contribution in [0.3, 0.4) is 0 Å². The molecule has 0 atom stereocenters. The van der Waals surface area contributed by atoms with Crippen molar-refractivity contribution in [1.82, 2.24) is 9.78 Å². The minimum absolute atomic E-state index is 0.0717. The average Bonchev–Trinajstić information content (AvgIpc) is 2.74. The van der Waals surface area contributed by atoms with Gasteiger partial charge in [-0.2, -0.15) is 0 Å². The third-order valence-corrected chi connectivity index (χ3v) is 3.67. The van der Waals surface area contributed by atoms with Gasteiger partial charge in [0.1, 0.15) is 0 Å². The maximum atomic E-state index is 12.2. The van der Waals surface area contributed by atoms with Crippen LogP contribution in [0.25, 0.3) is 5.69 Å². The van der Waals surface area contributed by atoms with Crippen molar-refractivity contribution >= 4 is 0 Å². The van der Waals surface area contributed by atoms with Crippen molar-refractivity contribution < 1.29 is 0 Å².